The Kier molecular flexibility index (Phi) is 6.83. The van der Waals surface area contributed by atoms with E-state index >= 15 is 0 Å². The molecule has 0 aromatic heterocycles. The highest BCUT2D eigenvalue weighted by Crippen LogP contribution is 2.17. The molecule has 0 spiro atoms. The van der Waals surface area contributed by atoms with Gasteiger partial charge in [0, 0.05) is 12.1 Å². The van der Waals surface area contributed by atoms with Crippen molar-refractivity contribution >= 4 is 5.97 Å². The Balaban J connectivity index is 2.41. The van der Waals surface area contributed by atoms with Crippen LogP contribution in [0.3, 0.4) is 0 Å². The van der Waals surface area contributed by atoms with Crippen molar-refractivity contribution in [3.8, 4) is 5.75 Å². The SMILES string of the molecule is CNCCCNCc1ccccc1OCC(=O)O. The lowest BCUT2D eigenvalue weighted by Gasteiger charge is -2.10. The Hall–Kier alpha value is -1.59. The molecule has 0 unspecified atom stereocenters. The predicted molar refractivity (Wildman–Crippen MR) is 69.8 cm³/mol. The maximum atomic E-state index is 10.5. The Labute approximate surface area is 107 Å². The first kappa shape index (κ1) is 14.5. The molecule has 0 aliphatic carbocycles. The fourth-order valence-corrected chi connectivity index (χ4v) is 1.54. The van der Waals surface area contributed by atoms with Gasteiger partial charge >= 0.3 is 5.97 Å². The number of carbonyl (C=O) groups is 1. The first-order valence-electron chi connectivity index (χ1n) is 6.02. The van der Waals surface area contributed by atoms with Crippen molar-refractivity contribution in [3.63, 3.8) is 0 Å². The Morgan fingerprint density at radius 1 is 1.33 bits per heavy atom. The Morgan fingerprint density at radius 3 is 2.83 bits per heavy atom. The molecule has 0 heterocycles. The summed E-state index contributed by atoms with van der Waals surface area (Å²) in [6.45, 7) is 2.26. The van der Waals surface area contributed by atoms with Gasteiger partial charge in [-0.15, -0.1) is 0 Å². The second-order valence-corrected chi connectivity index (χ2v) is 3.92. The molecule has 0 saturated carbocycles. The number of nitrogens with one attached hydrogen (secondary N) is 2. The highest BCUT2D eigenvalue weighted by Gasteiger charge is 2.04. The van der Waals surface area contributed by atoms with E-state index in [1.807, 2.05) is 25.2 Å². The Morgan fingerprint density at radius 2 is 2.11 bits per heavy atom. The average Bonchev–Trinajstić information content (AvgIpc) is 2.37. The van der Waals surface area contributed by atoms with Crippen LogP contribution in [0.15, 0.2) is 24.3 Å². The molecule has 0 saturated heterocycles. The van der Waals surface area contributed by atoms with E-state index in [-0.39, 0.29) is 6.61 Å². The van der Waals surface area contributed by atoms with Crippen LogP contribution in [-0.4, -0.2) is 37.8 Å². The molecule has 1 aromatic carbocycles. The first-order chi connectivity index (χ1) is 8.74. The summed E-state index contributed by atoms with van der Waals surface area (Å²) < 4.78 is 5.22. The molecule has 0 bridgehead atoms. The number of carboxylic acid groups (broad SMARTS) is 1. The second-order valence-electron chi connectivity index (χ2n) is 3.92. The van der Waals surface area contributed by atoms with E-state index in [0.717, 1.165) is 25.1 Å². The normalized spacial score (nSPS) is 10.3. The minimum absolute atomic E-state index is 0.309. The van der Waals surface area contributed by atoms with E-state index in [1.165, 1.54) is 0 Å². The number of benzene rings is 1. The van der Waals surface area contributed by atoms with Crippen LogP contribution in [-0.2, 0) is 11.3 Å². The number of carboxylic acids is 1. The zero-order chi connectivity index (χ0) is 13.2. The molecule has 1 rings (SSSR count). The van der Waals surface area contributed by atoms with Crippen LogP contribution in [0, 0.1) is 0 Å². The summed E-state index contributed by atoms with van der Waals surface area (Å²) in [5.41, 5.74) is 0.975. The van der Waals surface area contributed by atoms with Crippen molar-refractivity contribution in [2.75, 3.05) is 26.7 Å². The number of rotatable bonds is 9. The largest absolute Gasteiger partial charge is 0.482 e. The van der Waals surface area contributed by atoms with Crippen molar-refractivity contribution in [1.29, 1.82) is 0 Å². The molecule has 3 N–H and O–H groups in total. The van der Waals surface area contributed by atoms with Crippen LogP contribution < -0.4 is 15.4 Å². The molecule has 1 aromatic rings. The molecule has 0 radical (unpaired) electrons. The van der Waals surface area contributed by atoms with Gasteiger partial charge in [-0.1, -0.05) is 18.2 Å². The van der Waals surface area contributed by atoms with Crippen molar-refractivity contribution in [3.05, 3.63) is 29.8 Å². The van der Waals surface area contributed by atoms with Gasteiger partial charge in [-0.3, -0.25) is 0 Å². The third kappa shape index (κ3) is 5.65. The van der Waals surface area contributed by atoms with Gasteiger partial charge < -0.3 is 20.5 Å². The van der Waals surface area contributed by atoms with Crippen LogP contribution in [0.25, 0.3) is 0 Å². The zero-order valence-corrected chi connectivity index (χ0v) is 10.6. The molecular weight excluding hydrogens is 232 g/mol. The summed E-state index contributed by atoms with van der Waals surface area (Å²) in [5, 5.41) is 15.0. The topological polar surface area (TPSA) is 70.6 Å². The molecule has 18 heavy (non-hydrogen) atoms. The third-order valence-electron chi connectivity index (χ3n) is 2.42. The summed E-state index contributed by atoms with van der Waals surface area (Å²) in [6.07, 6.45) is 1.05. The lowest BCUT2D eigenvalue weighted by molar-refractivity contribution is -0.139. The highest BCUT2D eigenvalue weighted by molar-refractivity contribution is 5.68. The van der Waals surface area contributed by atoms with E-state index in [4.69, 9.17) is 9.84 Å². The number of hydrogen-bond donors (Lipinski definition) is 3. The van der Waals surface area contributed by atoms with Gasteiger partial charge in [0.1, 0.15) is 5.75 Å². The van der Waals surface area contributed by atoms with Crippen LogP contribution in [0.4, 0.5) is 0 Å². The first-order valence-corrected chi connectivity index (χ1v) is 6.02. The lowest BCUT2D eigenvalue weighted by Crippen LogP contribution is -2.20. The maximum absolute atomic E-state index is 10.5. The molecule has 100 valence electrons. The van der Waals surface area contributed by atoms with Gasteiger partial charge in [0.05, 0.1) is 0 Å². The molecule has 0 aliphatic rings. The number of hydrogen-bond acceptors (Lipinski definition) is 4. The molecule has 5 heteroatoms. The number of ether oxygens (including phenoxy) is 1. The third-order valence-corrected chi connectivity index (χ3v) is 2.42. The van der Waals surface area contributed by atoms with Crippen molar-refractivity contribution < 1.29 is 14.6 Å². The average molecular weight is 252 g/mol. The predicted octanol–water partition coefficient (Wildman–Crippen LogP) is 0.849. The monoisotopic (exact) mass is 252 g/mol. The molecule has 0 atom stereocenters. The van der Waals surface area contributed by atoms with E-state index < -0.39 is 5.97 Å². The van der Waals surface area contributed by atoms with Gasteiger partial charge in [0.25, 0.3) is 0 Å². The van der Waals surface area contributed by atoms with E-state index in [0.29, 0.717) is 12.3 Å². The molecule has 0 amide bonds. The highest BCUT2D eigenvalue weighted by atomic mass is 16.5. The van der Waals surface area contributed by atoms with Gasteiger partial charge in [-0.05, 0) is 32.6 Å². The maximum Gasteiger partial charge on any atom is 0.341 e. The standard InChI is InChI=1S/C13H20N2O3/c1-14-7-4-8-15-9-11-5-2-3-6-12(11)18-10-13(16)17/h2-3,5-6,14-15H,4,7-10H2,1H3,(H,16,17). The van der Waals surface area contributed by atoms with Crippen LogP contribution in [0.5, 0.6) is 5.75 Å². The van der Waals surface area contributed by atoms with E-state index in [2.05, 4.69) is 10.6 Å². The second kappa shape index (κ2) is 8.49. The van der Waals surface area contributed by atoms with Gasteiger partial charge in [0.15, 0.2) is 6.61 Å². The zero-order valence-electron chi connectivity index (χ0n) is 10.6. The lowest BCUT2D eigenvalue weighted by atomic mass is 10.2. The number of aliphatic carboxylic acids is 1. The number of para-hydroxylation sites is 1. The molecule has 0 fully saturated rings. The van der Waals surface area contributed by atoms with Crippen molar-refractivity contribution in [2.24, 2.45) is 0 Å². The molecule has 5 nitrogen and oxygen atoms in total. The van der Waals surface area contributed by atoms with Gasteiger partial charge in [0.2, 0.25) is 0 Å². The minimum Gasteiger partial charge on any atom is -0.482 e. The fraction of sp³-hybridized carbons (Fsp3) is 0.462. The summed E-state index contributed by atoms with van der Waals surface area (Å²) in [7, 11) is 1.93. The fourth-order valence-electron chi connectivity index (χ4n) is 1.54. The van der Waals surface area contributed by atoms with Crippen LogP contribution >= 0.6 is 0 Å². The van der Waals surface area contributed by atoms with Crippen molar-refractivity contribution in [2.45, 2.75) is 13.0 Å². The smallest absolute Gasteiger partial charge is 0.341 e. The summed E-state index contributed by atoms with van der Waals surface area (Å²) in [5.74, 6) is -0.340. The molecular formula is C13H20N2O3. The van der Waals surface area contributed by atoms with Gasteiger partial charge in [-0.2, -0.15) is 0 Å². The molecule has 0 aliphatic heterocycles. The van der Waals surface area contributed by atoms with E-state index in [1.54, 1.807) is 6.07 Å². The summed E-state index contributed by atoms with van der Waals surface area (Å²) in [6, 6.07) is 7.47. The summed E-state index contributed by atoms with van der Waals surface area (Å²) >= 11 is 0. The van der Waals surface area contributed by atoms with Crippen LogP contribution in [0.2, 0.25) is 0 Å². The van der Waals surface area contributed by atoms with Gasteiger partial charge in [-0.25, -0.2) is 4.79 Å². The van der Waals surface area contributed by atoms with E-state index in [9.17, 15) is 4.79 Å². The summed E-state index contributed by atoms with van der Waals surface area (Å²) in [4.78, 5) is 10.5. The minimum atomic E-state index is -0.966. The Bertz CT molecular complexity index is 369. The van der Waals surface area contributed by atoms with Crippen molar-refractivity contribution in [1.82, 2.24) is 10.6 Å². The quantitative estimate of drug-likeness (QED) is 0.568. The van der Waals surface area contributed by atoms with Crippen LogP contribution in [0.1, 0.15) is 12.0 Å².